The van der Waals surface area contributed by atoms with Gasteiger partial charge in [-0.2, -0.15) is 0 Å². The van der Waals surface area contributed by atoms with Crippen molar-refractivity contribution >= 4 is 0 Å². The Labute approximate surface area is 139 Å². The van der Waals surface area contributed by atoms with Crippen LogP contribution < -0.4 is 0 Å². The molecule has 3 rings (SSSR count). The summed E-state index contributed by atoms with van der Waals surface area (Å²) in [5, 5.41) is 0. The average molecular weight is 310 g/mol. The molecular weight excluding hydrogens is 284 g/mol. The fourth-order valence-electron chi connectivity index (χ4n) is 3.16. The van der Waals surface area contributed by atoms with Crippen molar-refractivity contribution in [2.24, 2.45) is 0 Å². The van der Waals surface area contributed by atoms with E-state index < -0.39 is 0 Å². The lowest BCUT2D eigenvalue weighted by Gasteiger charge is -2.28. The van der Waals surface area contributed by atoms with Gasteiger partial charge in [-0.15, -0.1) is 0 Å². The highest BCUT2D eigenvalue weighted by atomic mass is 16.5. The monoisotopic (exact) mass is 310 g/mol. The molecule has 0 N–H and O–H groups in total. The van der Waals surface area contributed by atoms with Gasteiger partial charge in [0.2, 0.25) is 0 Å². The van der Waals surface area contributed by atoms with Crippen LogP contribution in [0.25, 0.3) is 0 Å². The zero-order valence-electron chi connectivity index (χ0n) is 14.1. The molecule has 0 aromatic heterocycles. The maximum atomic E-state index is 6.60. The van der Waals surface area contributed by atoms with Gasteiger partial charge < -0.3 is 14.5 Å². The molecular formula is C20H26N2O. The fraction of sp³-hybridized carbons (Fsp3) is 0.400. The van der Waals surface area contributed by atoms with Crippen LogP contribution in [0.15, 0.2) is 60.7 Å². The Morgan fingerprint density at radius 1 is 0.783 bits per heavy atom. The number of ether oxygens (including phenoxy) is 1. The van der Waals surface area contributed by atoms with Crippen molar-refractivity contribution in [1.82, 2.24) is 9.80 Å². The molecule has 0 amide bonds. The van der Waals surface area contributed by atoms with Crippen LogP contribution in [-0.4, -0.2) is 56.2 Å². The summed E-state index contributed by atoms with van der Waals surface area (Å²) in [5.74, 6) is 0. The highest BCUT2D eigenvalue weighted by Gasteiger charge is 2.24. The first kappa shape index (κ1) is 16.2. The van der Waals surface area contributed by atoms with Gasteiger partial charge in [0.05, 0.1) is 6.10 Å². The predicted molar refractivity (Wildman–Crippen MR) is 94.6 cm³/mol. The average Bonchev–Trinajstić information content (AvgIpc) is 2.75. The summed E-state index contributed by atoms with van der Waals surface area (Å²) in [7, 11) is 4.35. The highest BCUT2D eigenvalue weighted by molar-refractivity contribution is 5.30. The van der Waals surface area contributed by atoms with Gasteiger partial charge in [-0.25, -0.2) is 0 Å². The second-order valence-electron chi connectivity index (χ2n) is 6.48. The molecule has 0 atom stereocenters. The van der Waals surface area contributed by atoms with Crippen LogP contribution in [0.2, 0.25) is 0 Å². The van der Waals surface area contributed by atoms with Gasteiger partial charge in [0.25, 0.3) is 0 Å². The molecule has 122 valence electrons. The number of likely N-dealkylation sites (N-methyl/N-ethyl adjacent to an activating group) is 2. The summed E-state index contributed by atoms with van der Waals surface area (Å²) in [4.78, 5) is 4.72. The van der Waals surface area contributed by atoms with Crippen LogP contribution in [0.1, 0.15) is 17.2 Å². The Morgan fingerprint density at radius 3 is 1.65 bits per heavy atom. The topological polar surface area (TPSA) is 15.7 Å². The second kappa shape index (κ2) is 7.73. The van der Waals surface area contributed by atoms with Crippen molar-refractivity contribution in [2.75, 3.05) is 40.3 Å². The maximum absolute atomic E-state index is 6.60. The molecule has 0 radical (unpaired) electrons. The Bertz CT molecular complexity index is 536. The number of hydrogen-bond donors (Lipinski definition) is 0. The molecule has 0 spiro atoms. The molecule has 2 aromatic carbocycles. The van der Waals surface area contributed by atoms with Crippen molar-refractivity contribution < 1.29 is 4.74 Å². The largest absolute Gasteiger partial charge is 0.363 e. The van der Waals surface area contributed by atoms with E-state index in [0.717, 1.165) is 26.2 Å². The molecule has 1 aliphatic heterocycles. The standard InChI is InChI=1S/C20H26N2O/c1-21-13-14-22(2)16-19(15-21)23-20(17-9-5-3-6-10-17)18-11-7-4-8-12-18/h3-12,19-20H,13-16H2,1-2H3. The molecule has 23 heavy (non-hydrogen) atoms. The third-order valence-corrected chi connectivity index (χ3v) is 4.43. The van der Waals surface area contributed by atoms with Gasteiger partial charge in [0, 0.05) is 26.2 Å². The van der Waals surface area contributed by atoms with Crippen LogP contribution in [0.3, 0.4) is 0 Å². The Morgan fingerprint density at radius 2 is 1.22 bits per heavy atom. The van der Waals surface area contributed by atoms with E-state index in [1.54, 1.807) is 0 Å². The Hall–Kier alpha value is -1.68. The molecule has 3 heteroatoms. The summed E-state index contributed by atoms with van der Waals surface area (Å²) in [6.45, 7) is 4.14. The van der Waals surface area contributed by atoms with Crippen LogP contribution >= 0.6 is 0 Å². The third kappa shape index (κ3) is 4.41. The molecule has 1 fully saturated rings. The van der Waals surface area contributed by atoms with Gasteiger partial charge in [0.1, 0.15) is 6.10 Å². The zero-order chi connectivity index (χ0) is 16.1. The zero-order valence-corrected chi connectivity index (χ0v) is 14.1. The van der Waals surface area contributed by atoms with Crippen molar-refractivity contribution in [3.05, 3.63) is 71.8 Å². The molecule has 2 aromatic rings. The Kier molecular flexibility index (Phi) is 5.44. The number of nitrogens with zero attached hydrogens (tertiary/aromatic N) is 2. The molecule has 1 saturated heterocycles. The van der Waals surface area contributed by atoms with E-state index in [0.29, 0.717) is 0 Å². The first-order valence-electron chi connectivity index (χ1n) is 8.35. The van der Waals surface area contributed by atoms with Crippen LogP contribution in [-0.2, 0) is 4.74 Å². The summed E-state index contributed by atoms with van der Waals surface area (Å²) in [5.41, 5.74) is 2.43. The van der Waals surface area contributed by atoms with E-state index in [2.05, 4.69) is 84.6 Å². The van der Waals surface area contributed by atoms with E-state index in [-0.39, 0.29) is 12.2 Å². The second-order valence-corrected chi connectivity index (χ2v) is 6.48. The summed E-state index contributed by atoms with van der Waals surface area (Å²) in [6, 6.07) is 21.1. The summed E-state index contributed by atoms with van der Waals surface area (Å²) >= 11 is 0. The minimum atomic E-state index is -0.0118. The van der Waals surface area contributed by atoms with Gasteiger partial charge in [-0.1, -0.05) is 60.7 Å². The van der Waals surface area contributed by atoms with Crippen LogP contribution in [0.4, 0.5) is 0 Å². The van der Waals surface area contributed by atoms with E-state index in [9.17, 15) is 0 Å². The quantitative estimate of drug-likeness (QED) is 0.863. The van der Waals surface area contributed by atoms with Crippen LogP contribution in [0, 0.1) is 0 Å². The van der Waals surface area contributed by atoms with E-state index in [1.807, 2.05) is 0 Å². The minimum Gasteiger partial charge on any atom is -0.363 e. The lowest BCUT2D eigenvalue weighted by atomic mass is 10.0. The van der Waals surface area contributed by atoms with Gasteiger partial charge >= 0.3 is 0 Å². The number of rotatable bonds is 4. The van der Waals surface area contributed by atoms with Crippen molar-refractivity contribution in [3.8, 4) is 0 Å². The fourth-order valence-corrected chi connectivity index (χ4v) is 3.16. The first-order valence-corrected chi connectivity index (χ1v) is 8.35. The lowest BCUT2D eigenvalue weighted by molar-refractivity contribution is -0.0105. The molecule has 1 heterocycles. The Balaban J connectivity index is 1.84. The molecule has 0 aliphatic carbocycles. The summed E-state index contributed by atoms with van der Waals surface area (Å²) < 4.78 is 6.60. The molecule has 0 bridgehead atoms. The van der Waals surface area contributed by atoms with Gasteiger partial charge in [0.15, 0.2) is 0 Å². The van der Waals surface area contributed by atoms with E-state index in [1.165, 1.54) is 11.1 Å². The maximum Gasteiger partial charge on any atom is 0.108 e. The molecule has 1 aliphatic rings. The van der Waals surface area contributed by atoms with E-state index >= 15 is 0 Å². The van der Waals surface area contributed by atoms with E-state index in [4.69, 9.17) is 4.74 Å². The smallest absolute Gasteiger partial charge is 0.108 e. The highest BCUT2D eigenvalue weighted by Crippen LogP contribution is 2.27. The molecule has 3 nitrogen and oxygen atoms in total. The first-order chi connectivity index (χ1) is 11.2. The van der Waals surface area contributed by atoms with Gasteiger partial charge in [-0.3, -0.25) is 0 Å². The third-order valence-electron chi connectivity index (χ3n) is 4.43. The van der Waals surface area contributed by atoms with Gasteiger partial charge in [-0.05, 0) is 25.2 Å². The van der Waals surface area contributed by atoms with Crippen molar-refractivity contribution in [3.63, 3.8) is 0 Å². The number of hydrogen-bond acceptors (Lipinski definition) is 3. The van der Waals surface area contributed by atoms with Crippen molar-refractivity contribution in [1.29, 1.82) is 0 Å². The predicted octanol–water partition coefficient (Wildman–Crippen LogP) is 3.04. The van der Waals surface area contributed by atoms with Crippen molar-refractivity contribution in [2.45, 2.75) is 12.2 Å². The number of benzene rings is 2. The molecule has 0 saturated carbocycles. The van der Waals surface area contributed by atoms with Crippen LogP contribution in [0.5, 0.6) is 0 Å². The summed E-state index contributed by atoms with van der Waals surface area (Å²) in [6.07, 6.45) is 0.195. The normalized spacial score (nSPS) is 18.2. The molecule has 0 unspecified atom stereocenters. The lowest BCUT2D eigenvalue weighted by Crippen LogP contribution is -2.34. The minimum absolute atomic E-state index is 0.0118. The SMILES string of the molecule is CN1CCN(C)CC(OC(c2ccccc2)c2ccccc2)C1.